The minimum Gasteiger partial charge on any atom is -0.369 e. The molecule has 0 unspecified atom stereocenters. The smallest absolute Gasteiger partial charge is 0.165 e. The summed E-state index contributed by atoms with van der Waals surface area (Å²) in [6, 6.07) is 16.8. The summed E-state index contributed by atoms with van der Waals surface area (Å²) in [4.78, 5) is 6.70. The first kappa shape index (κ1) is 15.6. The molecule has 2 aromatic carbocycles. The third-order valence-electron chi connectivity index (χ3n) is 4.33. The van der Waals surface area contributed by atoms with Crippen LogP contribution < -0.4 is 5.32 Å². The summed E-state index contributed by atoms with van der Waals surface area (Å²) in [5.74, 6) is 0.957. The molecule has 4 aromatic rings. The van der Waals surface area contributed by atoms with Crippen LogP contribution in [0, 0.1) is 0 Å². The molecule has 0 atom stereocenters. The molecule has 1 N–H and O–H groups in total. The molecule has 5 heteroatoms. The molecule has 0 bridgehead atoms. The van der Waals surface area contributed by atoms with Crippen molar-refractivity contribution in [1.82, 2.24) is 19.5 Å². The lowest BCUT2D eigenvalue weighted by molar-refractivity contribution is 0.425. The van der Waals surface area contributed by atoms with Crippen molar-refractivity contribution >= 4 is 22.2 Å². The molecular weight excluding hydrogens is 310 g/mol. The number of nitrogens with zero attached hydrogens (tertiary/aromatic N) is 4. The van der Waals surface area contributed by atoms with Crippen molar-refractivity contribution in [3.05, 3.63) is 60.9 Å². The number of nitrogens with one attached hydrogen (secondary N) is 1. The van der Waals surface area contributed by atoms with Crippen molar-refractivity contribution in [2.75, 3.05) is 32.5 Å². The number of likely N-dealkylation sites (N-methyl/N-ethyl adjacent to an activating group) is 1. The lowest BCUT2D eigenvalue weighted by Gasteiger charge is -2.12. The zero-order valence-corrected chi connectivity index (χ0v) is 14.5. The van der Waals surface area contributed by atoms with Crippen molar-refractivity contribution in [2.45, 2.75) is 0 Å². The number of aromatic nitrogens is 3. The van der Waals surface area contributed by atoms with Crippen LogP contribution in [0.15, 0.2) is 60.9 Å². The SMILES string of the molecule is CN(C)CCNc1ccnc2c(-c3ccc4ccccc4c3)cnn12. The predicted molar refractivity (Wildman–Crippen MR) is 103 cm³/mol. The van der Waals surface area contributed by atoms with Gasteiger partial charge in [0.15, 0.2) is 5.65 Å². The molecule has 0 aliphatic rings. The maximum atomic E-state index is 4.55. The molecule has 2 heterocycles. The van der Waals surface area contributed by atoms with Gasteiger partial charge in [-0.15, -0.1) is 0 Å². The van der Waals surface area contributed by atoms with E-state index >= 15 is 0 Å². The Bertz CT molecular complexity index is 1020. The summed E-state index contributed by atoms with van der Waals surface area (Å²) < 4.78 is 1.88. The third kappa shape index (κ3) is 3.06. The highest BCUT2D eigenvalue weighted by atomic mass is 15.3. The van der Waals surface area contributed by atoms with E-state index in [9.17, 15) is 0 Å². The van der Waals surface area contributed by atoms with Gasteiger partial charge in [0, 0.05) is 24.8 Å². The van der Waals surface area contributed by atoms with Gasteiger partial charge in [-0.3, -0.25) is 0 Å². The van der Waals surface area contributed by atoms with E-state index < -0.39 is 0 Å². The summed E-state index contributed by atoms with van der Waals surface area (Å²) >= 11 is 0. The molecule has 0 spiro atoms. The van der Waals surface area contributed by atoms with E-state index in [0.717, 1.165) is 35.7 Å². The van der Waals surface area contributed by atoms with Gasteiger partial charge in [-0.05, 0) is 42.6 Å². The van der Waals surface area contributed by atoms with E-state index in [1.807, 2.05) is 23.0 Å². The third-order valence-corrected chi connectivity index (χ3v) is 4.33. The summed E-state index contributed by atoms with van der Waals surface area (Å²) in [5, 5.41) is 10.4. The highest BCUT2D eigenvalue weighted by molar-refractivity contribution is 5.89. The van der Waals surface area contributed by atoms with Crippen LogP contribution in [0.1, 0.15) is 0 Å². The Kier molecular flexibility index (Phi) is 4.07. The van der Waals surface area contributed by atoms with Gasteiger partial charge in [-0.1, -0.05) is 36.4 Å². The molecule has 25 heavy (non-hydrogen) atoms. The van der Waals surface area contributed by atoms with Gasteiger partial charge in [0.2, 0.25) is 0 Å². The average Bonchev–Trinajstić information content (AvgIpc) is 3.06. The van der Waals surface area contributed by atoms with Gasteiger partial charge in [-0.2, -0.15) is 9.61 Å². The van der Waals surface area contributed by atoms with E-state index in [2.05, 4.69) is 76.9 Å². The molecular formula is C20H21N5. The minimum atomic E-state index is 0.858. The maximum Gasteiger partial charge on any atom is 0.165 e. The highest BCUT2D eigenvalue weighted by Gasteiger charge is 2.11. The normalized spacial score (nSPS) is 11.5. The fourth-order valence-corrected chi connectivity index (χ4v) is 2.99. The first-order valence-electron chi connectivity index (χ1n) is 8.43. The zero-order valence-electron chi connectivity index (χ0n) is 14.5. The molecule has 5 nitrogen and oxygen atoms in total. The van der Waals surface area contributed by atoms with E-state index in [-0.39, 0.29) is 0 Å². The predicted octanol–water partition coefficient (Wildman–Crippen LogP) is 3.52. The second kappa shape index (κ2) is 6.53. The number of anilines is 1. The molecule has 0 radical (unpaired) electrons. The molecule has 0 aliphatic carbocycles. The fraction of sp³-hybridized carbons (Fsp3) is 0.200. The van der Waals surface area contributed by atoms with Crippen LogP contribution in [0.25, 0.3) is 27.5 Å². The van der Waals surface area contributed by atoms with Gasteiger partial charge < -0.3 is 10.2 Å². The van der Waals surface area contributed by atoms with Gasteiger partial charge in [0.25, 0.3) is 0 Å². The summed E-state index contributed by atoms with van der Waals surface area (Å²) in [6.45, 7) is 1.82. The molecule has 0 saturated heterocycles. The molecule has 0 amide bonds. The first-order chi connectivity index (χ1) is 12.2. The van der Waals surface area contributed by atoms with Gasteiger partial charge in [-0.25, -0.2) is 4.98 Å². The van der Waals surface area contributed by atoms with Crippen LogP contribution in [0.4, 0.5) is 5.82 Å². The van der Waals surface area contributed by atoms with Crippen molar-refractivity contribution in [1.29, 1.82) is 0 Å². The zero-order chi connectivity index (χ0) is 17.2. The quantitative estimate of drug-likeness (QED) is 0.608. The van der Waals surface area contributed by atoms with Gasteiger partial charge in [0.05, 0.1) is 6.20 Å². The number of fused-ring (bicyclic) bond motifs is 2. The first-order valence-corrected chi connectivity index (χ1v) is 8.43. The number of hydrogen-bond donors (Lipinski definition) is 1. The maximum absolute atomic E-state index is 4.55. The standard InChI is InChI=1S/C20H21N5/c1-24(2)12-11-21-19-9-10-22-20-18(14-23-25(19)20)17-8-7-15-5-3-4-6-16(15)13-17/h3-10,13-14,21H,11-12H2,1-2H3. The summed E-state index contributed by atoms with van der Waals surface area (Å²) in [7, 11) is 4.13. The molecule has 4 rings (SSSR count). The Morgan fingerprint density at radius 3 is 2.72 bits per heavy atom. The number of benzene rings is 2. The van der Waals surface area contributed by atoms with E-state index in [1.165, 1.54) is 10.8 Å². The highest BCUT2D eigenvalue weighted by Crippen LogP contribution is 2.28. The fourth-order valence-electron chi connectivity index (χ4n) is 2.99. The van der Waals surface area contributed by atoms with Crippen molar-refractivity contribution in [3.63, 3.8) is 0 Å². The second-order valence-electron chi connectivity index (χ2n) is 6.42. The topological polar surface area (TPSA) is 45.5 Å². The van der Waals surface area contributed by atoms with Gasteiger partial charge >= 0.3 is 0 Å². The monoisotopic (exact) mass is 331 g/mol. The van der Waals surface area contributed by atoms with Crippen molar-refractivity contribution in [2.24, 2.45) is 0 Å². The molecule has 2 aromatic heterocycles. The molecule has 126 valence electrons. The van der Waals surface area contributed by atoms with E-state index in [1.54, 1.807) is 0 Å². The Labute approximate surface area is 146 Å². The number of hydrogen-bond acceptors (Lipinski definition) is 4. The molecule has 0 saturated carbocycles. The largest absolute Gasteiger partial charge is 0.369 e. The molecule has 0 aliphatic heterocycles. The Hall–Kier alpha value is -2.92. The van der Waals surface area contributed by atoms with E-state index in [4.69, 9.17) is 0 Å². The lowest BCUT2D eigenvalue weighted by Crippen LogP contribution is -2.21. The van der Waals surface area contributed by atoms with E-state index in [0.29, 0.717) is 0 Å². The van der Waals surface area contributed by atoms with Gasteiger partial charge in [0.1, 0.15) is 5.82 Å². The average molecular weight is 331 g/mol. The van der Waals surface area contributed by atoms with Crippen molar-refractivity contribution < 1.29 is 0 Å². The Morgan fingerprint density at radius 1 is 1.04 bits per heavy atom. The second-order valence-corrected chi connectivity index (χ2v) is 6.42. The van der Waals surface area contributed by atoms with Crippen molar-refractivity contribution in [3.8, 4) is 11.1 Å². The van der Waals surface area contributed by atoms with Crippen LogP contribution in [0.3, 0.4) is 0 Å². The Balaban J connectivity index is 1.72. The van der Waals surface area contributed by atoms with Crippen LogP contribution in [0.5, 0.6) is 0 Å². The van der Waals surface area contributed by atoms with Crippen LogP contribution in [-0.4, -0.2) is 46.7 Å². The summed E-state index contributed by atoms with van der Waals surface area (Å²) in [5.41, 5.74) is 3.04. The van der Waals surface area contributed by atoms with Crippen LogP contribution in [-0.2, 0) is 0 Å². The van der Waals surface area contributed by atoms with Crippen LogP contribution in [0.2, 0.25) is 0 Å². The number of rotatable bonds is 5. The Morgan fingerprint density at radius 2 is 1.88 bits per heavy atom. The molecule has 0 fully saturated rings. The minimum absolute atomic E-state index is 0.858. The summed E-state index contributed by atoms with van der Waals surface area (Å²) in [6.07, 6.45) is 3.73. The lowest BCUT2D eigenvalue weighted by atomic mass is 10.0. The van der Waals surface area contributed by atoms with Crippen LogP contribution >= 0.6 is 0 Å².